The van der Waals surface area contributed by atoms with Crippen LogP contribution in [0.15, 0.2) is 65.6 Å². The molecule has 0 unspecified atom stereocenters. The summed E-state index contributed by atoms with van der Waals surface area (Å²) < 4.78 is 27.5. The number of para-hydroxylation sites is 1. The number of nitrogens with one attached hydrogen (secondary N) is 1. The van der Waals surface area contributed by atoms with Crippen LogP contribution in [0.5, 0.6) is 0 Å². The molecule has 3 aromatic carbocycles. The molecule has 0 radical (unpaired) electrons. The van der Waals surface area contributed by atoms with Gasteiger partial charge in [-0.25, -0.2) is 8.42 Å². The number of benzene rings is 3. The number of hydrogen-bond acceptors (Lipinski definition) is 3. The van der Waals surface area contributed by atoms with E-state index >= 15 is 0 Å². The molecular weight excluding hydrogens is 384 g/mol. The standard InChI is InChI=1S/C23H26N2O3S/c1-4-18-12-8-9-17(3)23(18)24-22(26)16-25(5-2)29(27,28)21-14-13-19-10-6-7-11-20(19)15-21/h6-15H,4-5,16H2,1-3H3,(H,24,26). The Kier molecular flexibility index (Phi) is 6.35. The number of rotatable bonds is 7. The third-order valence-corrected chi connectivity index (χ3v) is 6.95. The van der Waals surface area contributed by atoms with Gasteiger partial charge in [0, 0.05) is 12.2 Å². The average molecular weight is 411 g/mol. The first kappa shape index (κ1) is 21.0. The van der Waals surface area contributed by atoms with Gasteiger partial charge in [0.25, 0.3) is 0 Å². The number of hydrogen-bond donors (Lipinski definition) is 1. The topological polar surface area (TPSA) is 66.5 Å². The molecule has 1 N–H and O–H groups in total. The van der Waals surface area contributed by atoms with E-state index in [2.05, 4.69) is 5.32 Å². The van der Waals surface area contributed by atoms with Gasteiger partial charge in [-0.1, -0.05) is 62.4 Å². The summed E-state index contributed by atoms with van der Waals surface area (Å²) in [6.07, 6.45) is 0.782. The van der Waals surface area contributed by atoms with Crippen LogP contribution in [0.1, 0.15) is 25.0 Å². The Labute approximate surface area is 172 Å². The van der Waals surface area contributed by atoms with Gasteiger partial charge in [0.05, 0.1) is 11.4 Å². The van der Waals surface area contributed by atoms with Crippen molar-refractivity contribution in [2.75, 3.05) is 18.4 Å². The molecule has 5 nitrogen and oxygen atoms in total. The lowest BCUT2D eigenvalue weighted by molar-refractivity contribution is -0.116. The van der Waals surface area contributed by atoms with Crippen molar-refractivity contribution in [3.8, 4) is 0 Å². The first-order chi connectivity index (χ1) is 13.9. The normalized spacial score (nSPS) is 11.7. The van der Waals surface area contributed by atoms with Crippen LogP contribution in [0.4, 0.5) is 5.69 Å². The molecule has 6 heteroatoms. The average Bonchev–Trinajstić information content (AvgIpc) is 2.72. The molecule has 0 fully saturated rings. The Hall–Kier alpha value is -2.70. The number of nitrogens with zero attached hydrogens (tertiary/aromatic N) is 1. The summed E-state index contributed by atoms with van der Waals surface area (Å²) in [5.74, 6) is -0.347. The number of carbonyl (C=O) groups is 1. The van der Waals surface area contributed by atoms with Crippen molar-refractivity contribution in [2.45, 2.75) is 32.1 Å². The molecule has 0 atom stereocenters. The first-order valence-corrected chi connectivity index (χ1v) is 11.2. The maximum atomic E-state index is 13.1. The van der Waals surface area contributed by atoms with E-state index in [0.29, 0.717) is 0 Å². The summed E-state index contributed by atoms with van der Waals surface area (Å²) in [5, 5.41) is 4.72. The number of likely N-dealkylation sites (N-methyl/N-ethyl adjacent to an activating group) is 1. The highest BCUT2D eigenvalue weighted by atomic mass is 32.2. The van der Waals surface area contributed by atoms with Crippen molar-refractivity contribution in [1.82, 2.24) is 4.31 Å². The monoisotopic (exact) mass is 410 g/mol. The SMILES string of the molecule is CCc1cccc(C)c1NC(=O)CN(CC)S(=O)(=O)c1ccc2ccccc2c1. The fourth-order valence-electron chi connectivity index (χ4n) is 3.38. The van der Waals surface area contributed by atoms with E-state index in [1.54, 1.807) is 25.1 Å². The molecule has 0 spiro atoms. The molecule has 1 amide bonds. The lowest BCUT2D eigenvalue weighted by Crippen LogP contribution is -2.38. The summed E-state index contributed by atoms with van der Waals surface area (Å²) >= 11 is 0. The largest absolute Gasteiger partial charge is 0.324 e. The third kappa shape index (κ3) is 4.49. The van der Waals surface area contributed by atoms with Gasteiger partial charge in [0.2, 0.25) is 15.9 Å². The summed E-state index contributed by atoms with van der Waals surface area (Å²) in [6, 6.07) is 18.5. The number of sulfonamides is 1. The summed E-state index contributed by atoms with van der Waals surface area (Å²) in [5.41, 5.74) is 2.75. The fraction of sp³-hybridized carbons (Fsp3) is 0.261. The predicted octanol–water partition coefficient (Wildman–Crippen LogP) is 4.36. The van der Waals surface area contributed by atoms with Crippen molar-refractivity contribution in [3.05, 3.63) is 71.8 Å². The van der Waals surface area contributed by atoms with Crippen LogP contribution in [0, 0.1) is 6.92 Å². The van der Waals surface area contributed by atoms with Crippen molar-refractivity contribution in [2.24, 2.45) is 0 Å². The second-order valence-corrected chi connectivity index (χ2v) is 8.89. The highest BCUT2D eigenvalue weighted by Crippen LogP contribution is 2.23. The number of carbonyl (C=O) groups excluding carboxylic acids is 1. The van der Waals surface area contributed by atoms with Crippen LogP contribution in [-0.4, -0.2) is 31.7 Å². The molecule has 0 aliphatic rings. The molecule has 0 aliphatic heterocycles. The van der Waals surface area contributed by atoms with Gasteiger partial charge < -0.3 is 5.32 Å². The quantitative estimate of drug-likeness (QED) is 0.629. The molecule has 0 aromatic heterocycles. The fourth-order valence-corrected chi connectivity index (χ4v) is 4.83. The minimum Gasteiger partial charge on any atom is -0.324 e. The summed E-state index contributed by atoms with van der Waals surface area (Å²) in [4.78, 5) is 12.9. The third-order valence-electron chi connectivity index (χ3n) is 5.04. The van der Waals surface area contributed by atoms with Crippen molar-refractivity contribution < 1.29 is 13.2 Å². The number of amides is 1. The van der Waals surface area contributed by atoms with Gasteiger partial charge >= 0.3 is 0 Å². The Bertz CT molecular complexity index is 1140. The van der Waals surface area contributed by atoms with Gasteiger partial charge in [0.1, 0.15) is 0 Å². The van der Waals surface area contributed by atoms with E-state index in [-0.39, 0.29) is 23.9 Å². The second-order valence-electron chi connectivity index (χ2n) is 6.95. The van der Waals surface area contributed by atoms with E-state index in [4.69, 9.17) is 0 Å². The zero-order valence-electron chi connectivity index (χ0n) is 17.0. The molecule has 0 aliphatic carbocycles. The summed E-state index contributed by atoms with van der Waals surface area (Å²) in [7, 11) is -3.78. The van der Waals surface area contributed by atoms with Gasteiger partial charge in [-0.3, -0.25) is 4.79 Å². The molecular formula is C23H26N2O3S. The molecule has 3 aromatic rings. The highest BCUT2D eigenvalue weighted by Gasteiger charge is 2.26. The van der Waals surface area contributed by atoms with Gasteiger partial charge in [0.15, 0.2) is 0 Å². The smallest absolute Gasteiger partial charge is 0.243 e. The van der Waals surface area contributed by atoms with Crippen molar-refractivity contribution in [3.63, 3.8) is 0 Å². The number of fused-ring (bicyclic) bond motifs is 1. The Balaban J connectivity index is 1.83. The molecule has 29 heavy (non-hydrogen) atoms. The van der Waals surface area contributed by atoms with Crippen molar-refractivity contribution >= 4 is 32.4 Å². The number of aryl methyl sites for hydroxylation is 2. The van der Waals surface area contributed by atoms with Crippen LogP contribution in [-0.2, 0) is 21.2 Å². The molecule has 152 valence electrons. The highest BCUT2D eigenvalue weighted by molar-refractivity contribution is 7.89. The second kappa shape index (κ2) is 8.76. The van der Waals surface area contributed by atoms with Gasteiger partial charge in [-0.2, -0.15) is 4.31 Å². The minimum atomic E-state index is -3.78. The van der Waals surface area contributed by atoms with E-state index < -0.39 is 10.0 Å². The zero-order chi connectivity index (χ0) is 21.0. The predicted molar refractivity (Wildman–Crippen MR) is 118 cm³/mol. The zero-order valence-corrected chi connectivity index (χ0v) is 17.8. The first-order valence-electron chi connectivity index (χ1n) is 9.74. The van der Waals surface area contributed by atoms with Crippen LogP contribution in [0.2, 0.25) is 0 Å². The van der Waals surface area contributed by atoms with E-state index in [0.717, 1.165) is 34.0 Å². The van der Waals surface area contributed by atoms with E-state index in [1.165, 1.54) is 4.31 Å². The van der Waals surface area contributed by atoms with Crippen LogP contribution >= 0.6 is 0 Å². The van der Waals surface area contributed by atoms with Crippen LogP contribution < -0.4 is 5.32 Å². The van der Waals surface area contributed by atoms with Gasteiger partial charge in [-0.15, -0.1) is 0 Å². The van der Waals surface area contributed by atoms with Crippen molar-refractivity contribution in [1.29, 1.82) is 0 Å². The minimum absolute atomic E-state index is 0.191. The number of anilines is 1. The lowest BCUT2D eigenvalue weighted by atomic mass is 10.1. The molecule has 0 heterocycles. The maximum Gasteiger partial charge on any atom is 0.243 e. The van der Waals surface area contributed by atoms with Crippen LogP contribution in [0.3, 0.4) is 0 Å². The Morgan fingerprint density at radius 2 is 1.69 bits per heavy atom. The molecule has 0 saturated heterocycles. The lowest BCUT2D eigenvalue weighted by Gasteiger charge is -2.21. The maximum absolute atomic E-state index is 13.1. The Morgan fingerprint density at radius 1 is 0.966 bits per heavy atom. The molecule has 3 rings (SSSR count). The summed E-state index contributed by atoms with van der Waals surface area (Å²) in [6.45, 7) is 5.66. The molecule has 0 saturated carbocycles. The van der Waals surface area contributed by atoms with E-state index in [9.17, 15) is 13.2 Å². The van der Waals surface area contributed by atoms with Gasteiger partial charge in [-0.05, 0) is 47.4 Å². The van der Waals surface area contributed by atoms with Crippen LogP contribution in [0.25, 0.3) is 10.8 Å². The Morgan fingerprint density at radius 3 is 2.38 bits per heavy atom. The van der Waals surface area contributed by atoms with E-state index in [1.807, 2.05) is 56.3 Å². The molecule has 0 bridgehead atoms.